The summed E-state index contributed by atoms with van der Waals surface area (Å²) >= 11 is 0. The number of carbonyl (C=O) groups excluding carboxylic acids is 1. The van der Waals surface area contributed by atoms with Gasteiger partial charge in [-0.3, -0.25) is 5.10 Å². The van der Waals surface area contributed by atoms with Crippen LogP contribution in [0.15, 0.2) is 24.4 Å². The highest BCUT2D eigenvalue weighted by Gasteiger charge is 2.40. The standard InChI is InChI=1S/C19H26N4O3S/c1-14(15-2-3-17-16(12-15)13-20-22-17)21-18(24)23-8-4-19(5-9-23)6-10-27(25,26)11-7-19/h2-3,12-14H,4-11H2,1H3,(H,20,22)(H,21,24). The lowest BCUT2D eigenvalue weighted by atomic mass is 9.74. The molecule has 2 aliphatic rings. The predicted molar refractivity (Wildman–Crippen MR) is 104 cm³/mol. The molecule has 2 fully saturated rings. The topological polar surface area (TPSA) is 95.2 Å². The van der Waals surface area contributed by atoms with Gasteiger partial charge in [0, 0.05) is 18.5 Å². The van der Waals surface area contributed by atoms with Crippen LogP contribution in [0.25, 0.3) is 10.9 Å². The SMILES string of the molecule is CC(NC(=O)N1CCC2(CC1)CCS(=O)(=O)CC2)c1ccc2[nH]ncc2c1. The summed E-state index contributed by atoms with van der Waals surface area (Å²) in [7, 11) is -2.85. The maximum absolute atomic E-state index is 12.7. The molecule has 27 heavy (non-hydrogen) atoms. The Morgan fingerprint density at radius 1 is 1.22 bits per heavy atom. The van der Waals surface area contributed by atoms with E-state index >= 15 is 0 Å². The van der Waals surface area contributed by atoms with Crippen LogP contribution in [0.1, 0.15) is 44.2 Å². The minimum absolute atomic E-state index is 0.0481. The van der Waals surface area contributed by atoms with Crippen molar-refractivity contribution < 1.29 is 13.2 Å². The Balaban J connectivity index is 1.34. The molecule has 0 saturated carbocycles. The summed E-state index contributed by atoms with van der Waals surface area (Å²) in [6.45, 7) is 3.37. The molecule has 2 aliphatic heterocycles. The first-order valence-electron chi connectivity index (χ1n) is 9.55. The summed E-state index contributed by atoms with van der Waals surface area (Å²) in [5, 5.41) is 11.1. The van der Waals surface area contributed by atoms with Crippen molar-refractivity contribution in [2.45, 2.75) is 38.6 Å². The Morgan fingerprint density at radius 2 is 1.93 bits per heavy atom. The zero-order chi connectivity index (χ0) is 19.1. The fourth-order valence-electron chi connectivity index (χ4n) is 4.25. The van der Waals surface area contributed by atoms with E-state index < -0.39 is 9.84 Å². The number of benzene rings is 1. The number of amides is 2. The van der Waals surface area contributed by atoms with Crippen molar-refractivity contribution >= 4 is 26.8 Å². The number of hydrogen-bond donors (Lipinski definition) is 2. The summed E-state index contributed by atoms with van der Waals surface area (Å²) in [6, 6.07) is 5.87. The molecule has 146 valence electrons. The Morgan fingerprint density at radius 3 is 2.63 bits per heavy atom. The van der Waals surface area contributed by atoms with E-state index in [9.17, 15) is 13.2 Å². The highest BCUT2D eigenvalue weighted by molar-refractivity contribution is 7.91. The number of hydrogen-bond acceptors (Lipinski definition) is 4. The average molecular weight is 391 g/mol. The number of rotatable bonds is 2. The number of urea groups is 1. The van der Waals surface area contributed by atoms with Gasteiger partial charge in [0.05, 0.1) is 29.3 Å². The summed E-state index contributed by atoms with van der Waals surface area (Å²) in [4.78, 5) is 14.5. The number of carbonyl (C=O) groups is 1. The third-order valence-corrected chi connectivity index (χ3v) is 7.95. The lowest BCUT2D eigenvalue weighted by molar-refractivity contribution is 0.106. The number of fused-ring (bicyclic) bond motifs is 1. The minimum Gasteiger partial charge on any atom is -0.331 e. The molecule has 0 aliphatic carbocycles. The third kappa shape index (κ3) is 3.81. The number of aromatic amines is 1. The van der Waals surface area contributed by atoms with Gasteiger partial charge in [-0.2, -0.15) is 5.10 Å². The van der Waals surface area contributed by atoms with Gasteiger partial charge >= 0.3 is 6.03 Å². The molecule has 1 aromatic heterocycles. The van der Waals surface area contributed by atoms with Crippen LogP contribution in [-0.4, -0.2) is 54.1 Å². The summed E-state index contributed by atoms with van der Waals surface area (Å²) in [5.74, 6) is 0.597. The molecule has 0 radical (unpaired) electrons. The van der Waals surface area contributed by atoms with Crippen LogP contribution in [0, 0.1) is 5.41 Å². The molecule has 1 atom stereocenters. The Bertz CT molecular complexity index is 929. The largest absolute Gasteiger partial charge is 0.331 e. The van der Waals surface area contributed by atoms with E-state index in [0.29, 0.717) is 24.6 Å². The first-order chi connectivity index (χ1) is 12.9. The number of sulfone groups is 1. The molecule has 2 N–H and O–H groups in total. The fraction of sp³-hybridized carbons (Fsp3) is 0.579. The second kappa shape index (κ2) is 6.82. The lowest BCUT2D eigenvalue weighted by Crippen LogP contribution is -2.49. The normalized spacial score (nSPS) is 22.6. The lowest BCUT2D eigenvalue weighted by Gasteiger charge is -2.44. The zero-order valence-electron chi connectivity index (χ0n) is 15.6. The van der Waals surface area contributed by atoms with Crippen LogP contribution in [0.3, 0.4) is 0 Å². The molecular formula is C19H26N4O3S. The van der Waals surface area contributed by atoms with Gasteiger partial charge in [-0.25, -0.2) is 13.2 Å². The first-order valence-corrected chi connectivity index (χ1v) is 11.4. The van der Waals surface area contributed by atoms with Crippen LogP contribution in [0.5, 0.6) is 0 Å². The van der Waals surface area contributed by atoms with Crippen LogP contribution < -0.4 is 5.32 Å². The number of nitrogens with one attached hydrogen (secondary N) is 2. The molecule has 0 bridgehead atoms. The maximum atomic E-state index is 12.7. The molecule has 1 spiro atoms. The molecule has 3 heterocycles. The van der Waals surface area contributed by atoms with Gasteiger partial charge in [0.1, 0.15) is 9.84 Å². The molecular weight excluding hydrogens is 364 g/mol. The zero-order valence-corrected chi connectivity index (χ0v) is 16.4. The number of H-pyrrole nitrogens is 1. The van der Waals surface area contributed by atoms with E-state index in [1.54, 1.807) is 6.20 Å². The third-order valence-electron chi connectivity index (χ3n) is 6.30. The molecule has 2 amide bonds. The summed E-state index contributed by atoms with van der Waals surface area (Å²) in [5.41, 5.74) is 2.14. The van der Waals surface area contributed by atoms with Crippen LogP contribution in [-0.2, 0) is 9.84 Å². The Labute approximate surface area is 159 Å². The molecule has 4 rings (SSSR count). The first kappa shape index (κ1) is 18.3. The highest BCUT2D eigenvalue weighted by Crippen LogP contribution is 2.42. The van der Waals surface area contributed by atoms with Crippen LogP contribution in [0.2, 0.25) is 0 Å². The van der Waals surface area contributed by atoms with Gasteiger partial charge in [0.15, 0.2) is 0 Å². The van der Waals surface area contributed by atoms with Crippen molar-refractivity contribution in [3.8, 4) is 0 Å². The van der Waals surface area contributed by atoms with Crippen molar-refractivity contribution in [2.24, 2.45) is 5.41 Å². The fourth-order valence-corrected chi connectivity index (χ4v) is 5.94. The van der Waals surface area contributed by atoms with E-state index in [1.165, 1.54) is 0 Å². The van der Waals surface area contributed by atoms with E-state index in [4.69, 9.17) is 0 Å². The second-order valence-electron chi connectivity index (χ2n) is 8.03. The van der Waals surface area contributed by atoms with Crippen molar-refractivity contribution in [3.05, 3.63) is 30.0 Å². The van der Waals surface area contributed by atoms with Crippen LogP contribution in [0.4, 0.5) is 4.79 Å². The molecule has 2 saturated heterocycles. The average Bonchev–Trinajstić information content (AvgIpc) is 3.13. The van der Waals surface area contributed by atoms with Gasteiger partial charge in [-0.05, 0) is 55.7 Å². The molecule has 7 nitrogen and oxygen atoms in total. The molecule has 2 aromatic rings. The number of likely N-dealkylation sites (tertiary alicyclic amines) is 1. The van der Waals surface area contributed by atoms with E-state index in [-0.39, 0.29) is 17.5 Å². The number of aromatic nitrogens is 2. The maximum Gasteiger partial charge on any atom is 0.317 e. The Kier molecular flexibility index (Phi) is 4.61. The quantitative estimate of drug-likeness (QED) is 0.824. The predicted octanol–water partition coefficient (Wildman–Crippen LogP) is 2.62. The monoisotopic (exact) mass is 390 g/mol. The highest BCUT2D eigenvalue weighted by atomic mass is 32.2. The van der Waals surface area contributed by atoms with Gasteiger partial charge in [-0.1, -0.05) is 6.07 Å². The summed E-state index contributed by atoms with van der Waals surface area (Å²) < 4.78 is 23.4. The second-order valence-corrected chi connectivity index (χ2v) is 10.3. The number of nitrogens with zero attached hydrogens (tertiary/aromatic N) is 2. The van der Waals surface area contributed by atoms with Gasteiger partial charge < -0.3 is 10.2 Å². The van der Waals surface area contributed by atoms with Crippen molar-refractivity contribution in [1.82, 2.24) is 20.4 Å². The molecule has 8 heteroatoms. The smallest absolute Gasteiger partial charge is 0.317 e. The van der Waals surface area contributed by atoms with Gasteiger partial charge in [-0.15, -0.1) is 0 Å². The number of piperidine rings is 1. The molecule has 1 aromatic carbocycles. The van der Waals surface area contributed by atoms with E-state index in [2.05, 4.69) is 15.5 Å². The van der Waals surface area contributed by atoms with E-state index in [1.807, 2.05) is 30.0 Å². The van der Waals surface area contributed by atoms with Crippen molar-refractivity contribution in [3.63, 3.8) is 0 Å². The molecule has 1 unspecified atom stereocenters. The van der Waals surface area contributed by atoms with Crippen molar-refractivity contribution in [1.29, 1.82) is 0 Å². The Hall–Kier alpha value is -2.09. The summed E-state index contributed by atoms with van der Waals surface area (Å²) in [6.07, 6.45) is 5.05. The van der Waals surface area contributed by atoms with Crippen LogP contribution >= 0.6 is 0 Å². The van der Waals surface area contributed by atoms with E-state index in [0.717, 1.165) is 42.1 Å². The van der Waals surface area contributed by atoms with Gasteiger partial charge in [0.2, 0.25) is 0 Å². The minimum atomic E-state index is -2.85. The van der Waals surface area contributed by atoms with Crippen molar-refractivity contribution in [2.75, 3.05) is 24.6 Å². The van der Waals surface area contributed by atoms with Gasteiger partial charge in [0.25, 0.3) is 0 Å².